The van der Waals surface area contributed by atoms with E-state index in [4.69, 9.17) is 4.74 Å². The molecule has 0 bridgehead atoms. The first-order chi connectivity index (χ1) is 9.43. The summed E-state index contributed by atoms with van der Waals surface area (Å²) in [5.41, 5.74) is 1.25. The maximum atomic E-state index is 5.84. The molecule has 1 aliphatic carbocycles. The molecule has 1 saturated heterocycles. The molecule has 2 unspecified atom stereocenters. The van der Waals surface area contributed by atoms with Crippen molar-refractivity contribution in [1.82, 2.24) is 15.2 Å². The van der Waals surface area contributed by atoms with Crippen molar-refractivity contribution in [1.29, 1.82) is 0 Å². The van der Waals surface area contributed by atoms with Gasteiger partial charge < -0.3 is 10.1 Å². The van der Waals surface area contributed by atoms with Gasteiger partial charge in [-0.2, -0.15) is 0 Å². The molecule has 2 aliphatic rings. The van der Waals surface area contributed by atoms with E-state index >= 15 is 0 Å². The van der Waals surface area contributed by atoms with Crippen LogP contribution in [0.15, 0.2) is 24.5 Å². The van der Waals surface area contributed by atoms with E-state index in [1.165, 1.54) is 24.8 Å². The van der Waals surface area contributed by atoms with Gasteiger partial charge in [-0.3, -0.25) is 9.88 Å². The van der Waals surface area contributed by atoms with Crippen molar-refractivity contribution < 1.29 is 4.74 Å². The van der Waals surface area contributed by atoms with Crippen LogP contribution < -0.4 is 5.32 Å². The highest BCUT2D eigenvalue weighted by Crippen LogP contribution is 2.29. The number of hydrogen-bond donors (Lipinski definition) is 1. The van der Waals surface area contributed by atoms with Crippen molar-refractivity contribution in [2.75, 3.05) is 26.2 Å². The quantitative estimate of drug-likeness (QED) is 0.814. The number of ether oxygens (including phenoxy) is 1. The number of rotatable bonds is 5. The van der Waals surface area contributed by atoms with Crippen molar-refractivity contribution >= 4 is 0 Å². The van der Waals surface area contributed by atoms with E-state index in [2.05, 4.69) is 21.3 Å². The SMILES string of the molecule is c1cncc(CNCCN2CCOC3CCCC32)c1. The first-order valence-corrected chi connectivity index (χ1v) is 7.39. The van der Waals surface area contributed by atoms with Crippen molar-refractivity contribution in [3.05, 3.63) is 30.1 Å². The second-order valence-corrected chi connectivity index (χ2v) is 5.48. The highest BCUT2D eigenvalue weighted by atomic mass is 16.5. The molecule has 1 saturated carbocycles. The highest BCUT2D eigenvalue weighted by molar-refractivity contribution is 5.07. The fourth-order valence-corrected chi connectivity index (χ4v) is 3.24. The van der Waals surface area contributed by atoms with E-state index in [1.807, 2.05) is 18.5 Å². The van der Waals surface area contributed by atoms with Gasteiger partial charge >= 0.3 is 0 Å². The molecular weight excluding hydrogens is 238 g/mol. The Kier molecular flexibility index (Phi) is 4.43. The number of hydrogen-bond acceptors (Lipinski definition) is 4. The summed E-state index contributed by atoms with van der Waals surface area (Å²) in [6.45, 7) is 5.08. The van der Waals surface area contributed by atoms with Gasteiger partial charge in [0, 0.05) is 44.6 Å². The lowest BCUT2D eigenvalue weighted by Gasteiger charge is -2.37. The number of fused-ring (bicyclic) bond motifs is 1. The molecule has 2 atom stereocenters. The molecule has 2 fully saturated rings. The Morgan fingerprint density at radius 3 is 3.32 bits per heavy atom. The number of morpholine rings is 1. The fourth-order valence-electron chi connectivity index (χ4n) is 3.24. The minimum Gasteiger partial charge on any atom is -0.375 e. The van der Waals surface area contributed by atoms with Crippen molar-refractivity contribution in [3.63, 3.8) is 0 Å². The zero-order chi connectivity index (χ0) is 12.9. The lowest BCUT2D eigenvalue weighted by molar-refractivity contribution is -0.0548. The van der Waals surface area contributed by atoms with Crippen LogP contribution in [0.5, 0.6) is 0 Å². The van der Waals surface area contributed by atoms with Crippen molar-refractivity contribution in [2.24, 2.45) is 0 Å². The third-order valence-corrected chi connectivity index (χ3v) is 4.22. The largest absolute Gasteiger partial charge is 0.375 e. The smallest absolute Gasteiger partial charge is 0.0730 e. The Morgan fingerprint density at radius 1 is 1.42 bits per heavy atom. The second kappa shape index (κ2) is 6.46. The van der Waals surface area contributed by atoms with Crippen LogP contribution in [-0.4, -0.2) is 48.3 Å². The van der Waals surface area contributed by atoms with Gasteiger partial charge in [-0.15, -0.1) is 0 Å². The third kappa shape index (κ3) is 3.32. The molecule has 1 aliphatic heterocycles. The minimum absolute atomic E-state index is 0.507. The van der Waals surface area contributed by atoms with E-state index < -0.39 is 0 Å². The molecule has 4 heteroatoms. The van der Waals surface area contributed by atoms with E-state index in [1.54, 1.807) is 0 Å². The topological polar surface area (TPSA) is 37.4 Å². The Hall–Kier alpha value is -0.970. The molecule has 4 nitrogen and oxygen atoms in total. The highest BCUT2D eigenvalue weighted by Gasteiger charge is 2.35. The Balaban J connectivity index is 1.40. The molecule has 1 aromatic heterocycles. The summed E-state index contributed by atoms with van der Waals surface area (Å²) < 4.78 is 5.84. The number of aromatic nitrogens is 1. The molecule has 0 spiro atoms. The van der Waals surface area contributed by atoms with E-state index in [0.29, 0.717) is 12.1 Å². The first-order valence-electron chi connectivity index (χ1n) is 7.39. The van der Waals surface area contributed by atoms with Gasteiger partial charge in [0.15, 0.2) is 0 Å². The molecule has 104 valence electrons. The van der Waals surface area contributed by atoms with E-state index in [9.17, 15) is 0 Å². The van der Waals surface area contributed by atoms with Gasteiger partial charge in [-0.05, 0) is 30.9 Å². The van der Waals surface area contributed by atoms with Gasteiger partial charge in [-0.1, -0.05) is 6.07 Å². The van der Waals surface area contributed by atoms with Gasteiger partial charge in [0.2, 0.25) is 0 Å². The number of pyridine rings is 1. The van der Waals surface area contributed by atoms with Crippen LogP contribution in [0.4, 0.5) is 0 Å². The lowest BCUT2D eigenvalue weighted by Crippen LogP contribution is -2.50. The molecule has 0 aromatic carbocycles. The van der Waals surface area contributed by atoms with Crippen molar-refractivity contribution in [3.8, 4) is 0 Å². The molecule has 0 radical (unpaired) electrons. The summed E-state index contributed by atoms with van der Waals surface area (Å²) in [6.07, 6.45) is 8.14. The molecule has 1 aromatic rings. The molecule has 3 rings (SSSR count). The summed E-state index contributed by atoms with van der Waals surface area (Å²) >= 11 is 0. The molecule has 0 amide bonds. The predicted molar refractivity (Wildman–Crippen MR) is 74.9 cm³/mol. The van der Waals surface area contributed by atoms with Gasteiger partial charge in [0.1, 0.15) is 0 Å². The Morgan fingerprint density at radius 2 is 2.42 bits per heavy atom. The Bertz CT molecular complexity index is 384. The van der Waals surface area contributed by atoms with E-state index in [0.717, 1.165) is 32.8 Å². The van der Waals surface area contributed by atoms with Gasteiger partial charge in [0.25, 0.3) is 0 Å². The molecule has 19 heavy (non-hydrogen) atoms. The molecule has 2 heterocycles. The second-order valence-electron chi connectivity index (χ2n) is 5.48. The fraction of sp³-hybridized carbons (Fsp3) is 0.667. The van der Waals surface area contributed by atoms with E-state index in [-0.39, 0.29) is 0 Å². The van der Waals surface area contributed by atoms with Crippen LogP contribution in [0.2, 0.25) is 0 Å². The zero-order valence-electron chi connectivity index (χ0n) is 11.4. The maximum Gasteiger partial charge on any atom is 0.0730 e. The molecule has 1 N–H and O–H groups in total. The normalized spacial score (nSPS) is 27.4. The van der Waals surface area contributed by atoms with Crippen LogP contribution >= 0.6 is 0 Å². The first kappa shape index (κ1) is 13.0. The third-order valence-electron chi connectivity index (χ3n) is 4.22. The summed E-state index contributed by atoms with van der Waals surface area (Å²) in [5, 5.41) is 3.51. The van der Waals surface area contributed by atoms with Crippen LogP contribution in [-0.2, 0) is 11.3 Å². The summed E-state index contributed by atoms with van der Waals surface area (Å²) in [6, 6.07) is 4.78. The number of nitrogens with zero attached hydrogens (tertiary/aromatic N) is 2. The van der Waals surface area contributed by atoms with Crippen LogP contribution in [0.25, 0.3) is 0 Å². The predicted octanol–water partition coefficient (Wildman–Crippen LogP) is 1.42. The minimum atomic E-state index is 0.507. The summed E-state index contributed by atoms with van der Waals surface area (Å²) in [5.74, 6) is 0. The monoisotopic (exact) mass is 261 g/mol. The van der Waals surface area contributed by atoms with Crippen LogP contribution in [0.1, 0.15) is 24.8 Å². The standard InChI is InChI=1S/C15H23N3O/c1-4-14-15(5-1)19-10-9-18(14)8-7-17-12-13-3-2-6-16-11-13/h2-3,6,11,14-15,17H,1,4-5,7-10,12H2. The van der Waals surface area contributed by atoms with Crippen molar-refractivity contribution in [2.45, 2.75) is 38.0 Å². The van der Waals surface area contributed by atoms with Crippen LogP contribution in [0.3, 0.4) is 0 Å². The summed E-state index contributed by atoms with van der Waals surface area (Å²) in [7, 11) is 0. The zero-order valence-corrected chi connectivity index (χ0v) is 11.4. The average Bonchev–Trinajstić information content (AvgIpc) is 2.94. The average molecular weight is 261 g/mol. The summed E-state index contributed by atoms with van der Waals surface area (Å²) in [4.78, 5) is 6.74. The maximum absolute atomic E-state index is 5.84. The van der Waals surface area contributed by atoms with Gasteiger partial charge in [0.05, 0.1) is 12.7 Å². The van der Waals surface area contributed by atoms with Gasteiger partial charge in [-0.25, -0.2) is 0 Å². The lowest BCUT2D eigenvalue weighted by atomic mass is 10.1. The van der Waals surface area contributed by atoms with Crippen LogP contribution in [0, 0.1) is 0 Å². The Labute approximate surface area is 115 Å². The number of nitrogens with one attached hydrogen (secondary N) is 1. The molecular formula is C15H23N3O.